The van der Waals surface area contributed by atoms with Crippen molar-refractivity contribution in [2.75, 3.05) is 11.1 Å². The van der Waals surface area contributed by atoms with Gasteiger partial charge in [0.25, 0.3) is 5.91 Å². The molecule has 9 heteroatoms. The zero-order valence-electron chi connectivity index (χ0n) is 18.1. The number of nitrogens with one attached hydrogen (secondary N) is 1. The van der Waals surface area contributed by atoms with E-state index in [2.05, 4.69) is 10.3 Å². The summed E-state index contributed by atoms with van der Waals surface area (Å²) in [7, 11) is -3.91. The van der Waals surface area contributed by atoms with Crippen molar-refractivity contribution in [2.45, 2.75) is 11.8 Å². The Morgan fingerprint density at radius 2 is 1.71 bits per heavy atom. The third-order valence-corrected chi connectivity index (χ3v) is 6.37. The lowest BCUT2D eigenvalue weighted by Gasteiger charge is -2.10. The molecule has 0 radical (unpaired) electrons. The summed E-state index contributed by atoms with van der Waals surface area (Å²) in [5.41, 5.74) is 7.92. The number of rotatable bonds is 5. The number of carbonyl (C=O) groups is 1. The molecule has 172 valence electrons. The Morgan fingerprint density at radius 3 is 2.41 bits per heavy atom. The van der Waals surface area contributed by atoms with Crippen LogP contribution in [0.2, 0.25) is 0 Å². The number of allylic oxidation sites excluding steroid dienone is 1. The fraction of sp³-hybridized carbons (Fsp3) is 0.0400. The molecular formula is C25H21FN4O3S. The summed E-state index contributed by atoms with van der Waals surface area (Å²) in [6, 6.07) is 19.6. The molecule has 0 bridgehead atoms. The lowest BCUT2D eigenvalue weighted by atomic mass is 10.0. The monoisotopic (exact) mass is 476 g/mol. The molecule has 1 heterocycles. The maximum atomic E-state index is 14.9. The Bertz CT molecular complexity index is 1550. The predicted molar refractivity (Wildman–Crippen MR) is 132 cm³/mol. The molecular weight excluding hydrogens is 455 g/mol. The van der Waals surface area contributed by atoms with Crippen LogP contribution in [0.3, 0.4) is 0 Å². The van der Waals surface area contributed by atoms with E-state index >= 15 is 0 Å². The first-order chi connectivity index (χ1) is 16.1. The summed E-state index contributed by atoms with van der Waals surface area (Å²) in [6.07, 6.45) is 1.59. The van der Waals surface area contributed by atoms with Crippen molar-refractivity contribution in [3.05, 3.63) is 90.4 Å². The van der Waals surface area contributed by atoms with E-state index in [4.69, 9.17) is 10.9 Å². The molecule has 0 aliphatic heterocycles. The van der Waals surface area contributed by atoms with E-state index in [9.17, 15) is 17.6 Å². The zero-order valence-corrected chi connectivity index (χ0v) is 18.9. The molecule has 0 aliphatic rings. The first kappa shape index (κ1) is 23.1. The number of anilines is 2. The summed E-state index contributed by atoms with van der Waals surface area (Å²) in [6.45, 7) is 1.51. The number of carbonyl (C=O) groups excluding carboxylic acids is 1. The third kappa shape index (κ3) is 4.66. The van der Waals surface area contributed by atoms with Crippen molar-refractivity contribution >= 4 is 43.8 Å². The molecule has 0 spiro atoms. The van der Waals surface area contributed by atoms with Gasteiger partial charge in [0.05, 0.1) is 4.90 Å². The van der Waals surface area contributed by atoms with E-state index in [-0.39, 0.29) is 10.5 Å². The quantitative estimate of drug-likeness (QED) is 0.366. The van der Waals surface area contributed by atoms with Crippen LogP contribution in [0.4, 0.5) is 15.9 Å². The Kier molecular flexibility index (Phi) is 6.14. The summed E-state index contributed by atoms with van der Waals surface area (Å²) in [4.78, 5) is 16.5. The Labute approximate surface area is 196 Å². The molecule has 3 aromatic carbocycles. The fourth-order valence-corrected chi connectivity index (χ4v) is 4.35. The maximum Gasteiger partial charge on any atom is 0.284 e. The number of hydrogen-bond donors (Lipinski definition) is 3. The highest BCUT2D eigenvalue weighted by atomic mass is 32.2. The fourth-order valence-electron chi connectivity index (χ4n) is 3.59. The van der Waals surface area contributed by atoms with Gasteiger partial charge >= 0.3 is 0 Å². The molecule has 5 N–H and O–H groups in total. The van der Waals surface area contributed by atoms with Crippen LogP contribution in [0, 0.1) is 0 Å². The topological polar surface area (TPSA) is 128 Å². The van der Waals surface area contributed by atoms with Gasteiger partial charge in [-0.2, -0.15) is 0 Å². The Balaban J connectivity index is 1.57. The van der Waals surface area contributed by atoms with E-state index in [1.54, 1.807) is 72.9 Å². The standard InChI is InChI=1S/C25H21FN4O3S/c1-15(18-7-6-17-12-13-29-24(27)21(17)14-18)23(26)25(31)30-19-10-8-16(9-11-19)20-4-2-3-5-22(20)34(28,32)33/h2-14H,1H3,(H2,27,29)(H,30,31)(H2,28,32,33)/b23-15-. The van der Waals surface area contributed by atoms with Crippen LogP contribution in [0.1, 0.15) is 12.5 Å². The lowest BCUT2D eigenvalue weighted by Crippen LogP contribution is -2.13. The van der Waals surface area contributed by atoms with E-state index in [0.717, 1.165) is 5.39 Å². The van der Waals surface area contributed by atoms with Crippen molar-refractivity contribution in [1.82, 2.24) is 4.98 Å². The molecule has 0 saturated heterocycles. The third-order valence-electron chi connectivity index (χ3n) is 5.41. The SMILES string of the molecule is C/C(=C(/F)C(=O)Nc1ccc(-c2ccccc2S(N)(=O)=O)cc1)c1ccc2ccnc(N)c2c1. The number of aromatic nitrogens is 1. The summed E-state index contributed by atoms with van der Waals surface area (Å²) in [5.74, 6) is -1.53. The van der Waals surface area contributed by atoms with Gasteiger partial charge in [-0.1, -0.05) is 42.5 Å². The van der Waals surface area contributed by atoms with E-state index in [1.807, 2.05) is 0 Å². The van der Waals surface area contributed by atoms with Gasteiger partial charge in [-0.25, -0.2) is 22.9 Å². The number of sulfonamides is 1. The molecule has 4 rings (SSSR count). The minimum Gasteiger partial charge on any atom is -0.383 e. The minimum absolute atomic E-state index is 0.0115. The van der Waals surface area contributed by atoms with Gasteiger partial charge in [0.2, 0.25) is 10.0 Å². The normalized spacial score (nSPS) is 12.3. The average Bonchev–Trinajstić information content (AvgIpc) is 2.83. The van der Waals surface area contributed by atoms with Crippen molar-refractivity contribution in [3.63, 3.8) is 0 Å². The smallest absolute Gasteiger partial charge is 0.284 e. The molecule has 0 aliphatic carbocycles. The van der Waals surface area contributed by atoms with Gasteiger partial charge in [0.15, 0.2) is 5.83 Å². The van der Waals surface area contributed by atoms with Crippen molar-refractivity contribution in [3.8, 4) is 11.1 Å². The average molecular weight is 477 g/mol. The molecule has 4 aromatic rings. The minimum atomic E-state index is -3.91. The zero-order chi connectivity index (χ0) is 24.5. The van der Waals surface area contributed by atoms with Crippen LogP contribution in [0.25, 0.3) is 27.5 Å². The Morgan fingerprint density at radius 1 is 1.00 bits per heavy atom. The van der Waals surface area contributed by atoms with Gasteiger partial charge < -0.3 is 11.1 Å². The van der Waals surface area contributed by atoms with E-state index in [0.29, 0.717) is 33.6 Å². The number of halogens is 1. The molecule has 0 unspecified atom stereocenters. The number of nitrogens with zero attached hydrogens (tertiary/aromatic N) is 1. The number of nitrogens with two attached hydrogens (primary N) is 2. The predicted octanol–water partition coefficient (Wildman–Crippen LogP) is 4.47. The van der Waals surface area contributed by atoms with Crippen LogP contribution < -0.4 is 16.2 Å². The molecule has 0 fully saturated rings. The second-order valence-electron chi connectivity index (χ2n) is 7.64. The number of nitrogen functional groups attached to an aromatic ring is 1. The van der Waals surface area contributed by atoms with E-state index in [1.165, 1.54) is 13.0 Å². The van der Waals surface area contributed by atoms with Crippen molar-refractivity contribution < 1.29 is 17.6 Å². The summed E-state index contributed by atoms with van der Waals surface area (Å²) >= 11 is 0. The second-order valence-corrected chi connectivity index (χ2v) is 9.17. The van der Waals surface area contributed by atoms with Crippen LogP contribution in [-0.4, -0.2) is 19.3 Å². The first-order valence-corrected chi connectivity index (χ1v) is 11.7. The molecule has 0 saturated carbocycles. The van der Waals surface area contributed by atoms with Crippen LogP contribution in [0.15, 0.2) is 89.7 Å². The number of benzene rings is 3. The summed E-state index contributed by atoms with van der Waals surface area (Å²) in [5, 5.41) is 9.34. The van der Waals surface area contributed by atoms with Crippen LogP contribution in [-0.2, 0) is 14.8 Å². The molecule has 0 atom stereocenters. The van der Waals surface area contributed by atoms with Crippen molar-refractivity contribution in [2.24, 2.45) is 5.14 Å². The number of pyridine rings is 1. The first-order valence-electron chi connectivity index (χ1n) is 10.2. The highest BCUT2D eigenvalue weighted by molar-refractivity contribution is 7.89. The van der Waals surface area contributed by atoms with Gasteiger partial charge in [-0.05, 0) is 59.3 Å². The van der Waals surface area contributed by atoms with E-state index < -0.39 is 21.8 Å². The summed E-state index contributed by atoms with van der Waals surface area (Å²) < 4.78 is 38.6. The Hall–Kier alpha value is -4.08. The second kappa shape index (κ2) is 9.05. The molecule has 1 amide bonds. The largest absolute Gasteiger partial charge is 0.383 e. The molecule has 1 aromatic heterocycles. The molecule has 34 heavy (non-hydrogen) atoms. The van der Waals surface area contributed by atoms with Gasteiger partial charge in [-0.3, -0.25) is 4.79 Å². The van der Waals surface area contributed by atoms with Crippen LogP contribution >= 0.6 is 0 Å². The molecule has 7 nitrogen and oxygen atoms in total. The number of fused-ring (bicyclic) bond motifs is 1. The highest BCUT2D eigenvalue weighted by Crippen LogP contribution is 2.29. The van der Waals surface area contributed by atoms with Crippen LogP contribution in [0.5, 0.6) is 0 Å². The number of hydrogen-bond acceptors (Lipinski definition) is 5. The van der Waals surface area contributed by atoms with Gasteiger partial charge in [-0.15, -0.1) is 0 Å². The number of primary sulfonamides is 1. The number of amides is 1. The highest BCUT2D eigenvalue weighted by Gasteiger charge is 2.17. The lowest BCUT2D eigenvalue weighted by molar-refractivity contribution is -0.114. The maximum absolute atomic E-state index is 14.9. The van der Waals surface area contributed by atoms with Crippen molar-refractivity contribution in [1.29, 1.82) is 0 Å². The van der Waals surface area contributed by atoms with Gasteiger partial charge in [0.1, 0.15) is 5.82 Å². The van der Waals surface area contributed by atoms with Gasteiger partial charge in [0, 0.05) is 22.8 Å².